The minimum atomic E-state index is 0.470. The molecule has 0 saturated heterocycles. The van der Waals surface area contributed by atoms with Gasteiger partial charge in [-0.15, -0.1) is 0 Å². The summed E-state index contributed by atoms with van der Waals surface area (Å²) in [6.07, 6.45) is 6.92. The number of benzene rings is 1. The van der Waals surface area contributed by atoms with Crippen LogP contribution in [-0.2, 0) is 0 Å². The van der Waals surface area contributed by atoms with E-state index in [1.165, 1.54) is 43.2 Å². The summed E-state index contributed by atoms with van der Waals surface area (Å²) in [6.45, 7) is 10.2. The van der Waals surface area contributed by atoms with Crippen molar-refractivity contribution in [1.29, 1.82) is 0 Å². The molecule has 1 unspecified atom stereocenters. The Morgan fingerprint density at radius 1 is 1.20 bits per heavy atom. The molecule has 0 amide bonds. The lowest BCUT2D eigenvalue weighted by molar-refractivity contribution is 0.157. The SMILES string of the molecule is CCNC(c1cccc(C)c1)C1(CC(C)C)CCCC1. The van der Waals surface area contributed by atoms with Gasteiger partial charge >= 0.3 is 0 Å². The molecule has 1 atom stereocenters. The van der Waals surface area contributed by atoms with Crippen molar-refractivity contribution in [3.05, 3.63) is 35.4 Å². The molecule has 2 rings (SSSR count). The highest BCUT2D eigenvalue weighted by Crippen LogP contribution is 2.51. The predicted molar refractivity (Wildman–Crippen MR) is 88.0 cm³/mol. The Balaban J connectivity index is 2.34. The fourth-order valence-corrected chi connectivity index (χ4v) is 4.24. The maximum Gasteiger partial charge on any atom is 0.0377 e. The predicted octanol–water partition coefficient (Wildman–Crippen LogP) is 5.25. The molecule has 0 bridgehead atoms. The first-order chi connectivity index (χ1) is 9.57. The highest BCUT2D eigenvalue weighted by Gasteiger charge is 2.41. The zero-order valence-electron chi connectivity index (χ0n) is 13.7. The van der Waals surface area contributed by atoms with Gasteiger partial charge in [0.15, 0.2) is 0 Å². The molecule has 1 aliphatic carbocycles. The third-order valence-electron chi connectivity index (χ3n) is 4.81. The average molecular weight is 273 g/mol. The summed E-state index contributed by atoms with van der Waals surface area (Å²) < 4.78 is 0. The molecule has 1 nitrogen and oxygen atoms in total. The van der Waals surface area contributed by atoms with Crippen LogP contribution in [0, 0.1) is 18.3 Å². The number of aryl methyl sites for hydroxylation is 1. The topological polar surface area (TPSA) is 12.0 Å². The minimum absolute atomic E-state index is 0.470. The summed E-state index contributed by atoms with van der Waals surface area (Å²) in [6, 6.07) is 9.65. The van der Waals surface area contributed by atoms with Crippen LogP contribution in [0.1, 0.15) is 70.0 Å². The number of nitrogens with one attached hydrogen (secondary N) is 1. The summed E-state index contributed by atoms with van der Waals surface area (Å²) >= 11 is 0. The van der Waals surface area contributed by atoms with E-state index in [0.29, 0.717) is 11.5 Å². The average Bonchev–Trinajstić information content (AvgIpc) is 2.84. The highest BCUT2D eigenvalue weighted by molar-refractivity contribution is 5.27. The van der Waals surface area contributed by atoms with E-state index in [4.69, 9.17) is 0 Å². The molecular formula is C19H31N. The fourth-order valence-electron chi connectivity index (χ4n) is 4.24. The van der Waals surface area contributed by atoms with Gasteiger partial charge in [-0.05, 0) is 49.6 Å². The van der Waals surface area contributed by atoms with E-state index in [2.05, 4.69) is 57.3 Å². The van der Waals surface area contributed by atoms with Crippen molar-refractivity contribution >= 4 is 0 Å². The molecule has 20 heavy (non-hydrogen) atoms. The van der Waals surface area contributed by atoms with Crippen LogP contribution in [0.2, 0.25) is 0 Å². The normalized spacial score (nSPS) is 19.4. The van der Waals surface area contributed by atoms with Crippen molar-refractivity contribution in [3.63, 3.8) is 0 Å². The first-order valence-electron chi connectivity index (χ1n) is 8.37. The summed E-state index contributed by atoms with van der Waals surface area (Å²) in [5.74, 6) is 0.777. The Kier molecular flexibility index (Phi) is 5.26. The van der Waals surface area contributed by atoms with Gasteiger partial charge in [0.1, 0.15) is 0 Å². The maximum atomic E-state index is 3.81. The first kappa shape index (κ1) is 15.6. The summed E-state index contributed by atoms with van der Waals surface area (Å²) in [7, 11) is 0. The molecule has 112 valence electrons. The van der Waals surface area contributed by atoms with Crippen molar-refractivity contribution in [2.75, 3.05) is 6.54 Å². The molecule has 1 saturated carbocycles. The van der Waals surface area contributed by atoms with Crippen molar-refractivity contribution < 1.29 is 0 Å². The molecular weight excluding hydrogens is 242 g/mol. The lowest BCUT2D eigenvalue weighted by Gasteiger charge is -2.40. The van der Waals surface area contributed by atoms with Crippen LogP contribution in [0.4, 0.5) is 0 Å². The van der Waals surface area contributed by atoms with Gasteiger partial charge < -0.3 is 5.32 Å². The van der Waals surface area contributed by atoms with Crippen LogP contribution >= 0.6 is 0 Å². The third kappa shape index (κ3) is 3.44. The highest BCUT2D eigenvalue weighted by atomic mass is 14.9. The first-order valence-corrected chi connectivity index (χ1v) is 8.37. The molecule has 1 aromatic carbocycles. The molecule has 0 heterocycles. The van der Waals surface area contributed by atoms with Crippen molar-refractivity contribution in [2.45, 2.75) is 65.8 Å². The Bertz CT molecular complexity index is 416. The summed E-state index contributed by atoms with van der Waals surface area (Å²) in [4.78, 5) is 0. The van der Waals surface area contributed by atoms with E-state index in [-0.39, 0.29) is 0 Å². The van der Waals surface area contributed by atoms with Crippen molar-refractivity contribution in [3.8, 4) is 0 Å². The Morgan fingerprint density at radius 2 is 1.90 bits per heavy atom. The van der Waals surface area contributed by atoms with Gasteiger partial charge in [-0.1, -0.05) is 63.4 Å². The van der Waals surface area contributed by atoms with Crippen molar-refractivity contribution in [2.24, 2.45) is 11.3 Å². The van der Waals surface area contributed by atoms with Gasteiger partial charge in [0, 0.05) is 6.04 Å². The number of hydrogen-bond acceptors (Lipinski definition) is 1. The van der Waals surface area contributed by atoms with Crippen LogP contribution in [-0.4, -0.2) is 6.54 Å². The van der Waals surface area contributed by atoms with Gasteiger partial charge in [-0.25, -0.2) is 0 Å². The van der Waals surface area contributed by atoms with Gasteiger partial charge in [-0.2, -0.15) is 0 Å². The van der Waals surface area contributed by atoms with Crippen LogP contribution in [0.15, 0.2) is 24.3 Å². The molecule has 0 radical (unpaired) electrons. The van der Waals surface area contributed by atoms with Gasteiger partial charge in [0.05, 0.1) is 0 Å². The van der Waals surface area contributed by atoms with Crippen LogP contribution in [0.25, 0.3) is 0 Å². The number of rotatable bonds is 6. The molecule has 0 spiro atoms. The second-order valence-corrected chi connectivity index (χ2v) is 7.07. The third-order valence-corrected chi connectivity index (χ3v) is 4.81. The molecule has 1 N–H and O–H groups in total. The van der Waals surface area contributed by atoms with E-state index in [1.807, 2.05) is 0 Å². The standard InChI is InChI=1S/C19H31N/c1-5-20-18(17-10-8-9-16(4)13-17)19(14-15(2)3)11-6-7-12-19/h8-10,13,15,18,20H,5-7,11-12,14H2,1-4H3. The van der Waals surface area contributed by atoms with E-state index >= 15 is 0 Å². The second kappa shape index (κ2) is 6.76. The van der Waals surface area contributed by atoms with Crippen LogP contribution < -0.4 is 5.32 Å². The molecule has 1 heteroatoms. The van der Waals surface area contributed by atoms with E-state index in [9.17, 15) is 0 Å². The maximum absolute atomic E-state index is 3.81. The Hall–Kier alpha value is -0.820. The molecule has 0 aliphatic heterocycles. The largest absolute Gasteiger partial charge is 0.310 e. The van der Waals surface area contributed by atoms with E-state index < -0.39 is 0 Å². The van der Waals surface area contributed by atoms with Gasteiger partial charge in [0.2, 0.25) is 0 Å². The van der Waals surface area contributed by atoms with Crippen LogP contribution in [0.5, 0.6) is 0 Å². The Labute approximate surface area is 125 Å². The molecule has 1 aromatic rings. The smallest absolute Gasteiger partial charge is 0.0377 e. The fraction of sp³-hybridized carbons (Fsp3) is 0.684. The van der Waals surface area contributed by atoms with Crippen LogP contribution in [0.3, 0.4) is 0 Å². The minimum Gasteiger partial charge on any atom is -0.310 e. The van der Waals surface area contributed by atoms with Gasteiger partial charge in [-0.3, -0.25) is 0 Å². The van der Waals surface area contributed by atoms with E-state index in [1.54, 1.807) is 0 Å². The van der Waals surface area contributed by atoms with Crippen molar-refractivity contribution in [1.82, 2.24) is 5.32 Å². The second-order valence-electron chi connectivity index (χ2n) is 7.07. The quantitative estimate of drug-likeness (QED) is 0.746. The van der Waals surface area contributed by atoms with E-state index in [0.717, 1.165) is 12.5 Å². The van der Waals surface area contributed by atoms with Gasteiger partial charge in [0.25, 0.3) is 0 Å². The lowest BCUT2D eigenvalue weighted by Crippen LogP contribution is -2.37. The molecule has 1 fully saturated rings. The molecule has 1 aliphatic rings. The molecule has 0 aromatic heterocycles. The number of hydrogen-bond donors (Lipinski definition) is 1. The Morgan fingerprint density at radius 3 is 2.45 bits per heavy atom. The zero-order valence-corrected chi connectivity index (χ0v) is 13.7. The zero-order chi connectivity index (χ0) is 14.6. The monoisotopic (exact) mass is 273 g/mol. The lowest BCUT2D eigenvalue weighted by atomic mass is 9.70. The summed E-state index contributed by atoms with van der Waals surface area (Å²) in [5, 5.41) is 3.81. The summed E-state index contributed by atoms with van der Waals surface area (Å²) in [5.41, 5.74) is 3.34.